The zero-order chi connectivity index (χ0) is 62.3. The quantitative estimate of drug-likeness (QED) is 0.0264. The van der Waals surface area contributed by atoms with E-state index in [0.29, 0.717) is 6.42 Å². The van der Waals surface area contributed by atoms with Crippen LogP contribution in [0.25, 0.3) is 0 Å². The molecular formula is C76H142NO8P. The summed E-state index contributed by atoms with van der Waals surface area (Å²) in [6.45, 7) is 3.71. The molecule has 0 radical (unpaired) electrons. The maximum atomic E-state index is 12.8. The average molecular weight is 1230 g/mol. The first-order chi connectivity index (χ1) is 42.3. The van der Waals surface area contributed by atoms with E-state index in [9.17, 15) is 19.0 Å². The predicted molar refractivity (Wildman–Crippen MR) is 372 cm³/mol. The number of esters is 2. The summed E-state index contributed by atoms with van der Waals surface area (Å²) in [6.07, 6.45) is 93.4. The van der Waals surface area contributed by atoms with Gasteiger partial charge in [0, 0.05) is 19.4 Å². The van der Waals surface area contributed by atoms with E-state index in [1.807, 2.05) is 0 Å². The Bertz CT molecular complexity index is 1590. The Hall–Kier alpha value is -2.29. The smallest absolute Gasteiger partial charge is 0.462 e. The molecule has 0 aliphatic heterocycles. The lowest BCUT2D eigenvalue weighted by Crippen LogP contribution is -2.29. The molecule has 0 saturated heterocycles. The van der Waals surface area contributed by atoms with Crippen LogP contribution < -0.4 is 5.73 Å². The monoisotopic (exact) mass is 1230 g/mol. The number of carbonyl (C=O) groups excluding carboxylic acids is 2. The van der Waals surface area contributed by atoms with Gasteiger partial charge in [-0.2, -0.15) is 0 Å². The number of phosphoric ester groups is 1. The summed E-state index contributed by atoms with van der Waals surface area (Å²) in [5.74, 6) is -0.804. The Balaban J connectivity index is 3.79. The van der Waals surface area contributed by atoms with Gasteiger partial charge in [0.1, 0.15) is 6.61 Å². The molecule has 0 aliphatic rings. The van der Waals surface area contributed by atoms with E-state index in [0.717, 1.165) is 64.2 Å². The molecule has 0 aromatic carbocycles. The number of hydrogen-bond donors (Lipinski definition) is 2. The highest BCUT2D eigenvalue weighted by atomic mass is 31.2. The van der Waals surface area contributed by atoms with Crippen molar-refractivity contribution in [1.29, 1.82) is 0 Å². The zero-order valence-electron chi connectivity index (χ0n) is 56.8. The fourth-order valence-corrected chi connectivity index (χ4v) is 12.0. The number of rotatable bonds is 71. The average Bonchev–Trinajstić information content (AvgIpc) is 3.55. The first-order valence-corrected chi connectivity index (χ1v) is 38.8. The van der Waals surface area contributed by atoms with E-state index in [1.165, 1.54) is 283 Å². The highest BCUT2D eigenvalue weighted by Gasteiger charge is 2.26. The minimum atomic E-state index is -4.39. The van der Waals surface area contributed by atoms with Gasteiger partial charge in [-0.1, -0.05) is 370 Å². The topological polar surface area (TPSA) is 134 Å². The molecule has 0 aromatic heterocycles. The summed E-state index contributed by atoms with van der Waals surface area (Å²) in [6, 6.07) is 0. The molecule has 2 atom stereocenters. The Morgan fingerprint density at radius 1 is 0.360 bits per heavy atom. The molecule has 0 rings (SSSR count). The number of hydrogen-bond acceptors (Lipinski definition) is 8. The number of unbranched alkanes of at least 4 members (excludes halogenated alkanes) is 48. The predicted octanol–water partition coefficient (Wildman–Crippen LogP) is 24.6. The summed E-state index contributed by atoms with van der Waals surface area (Å²) < 4.78 is 33.2. The first-order valence-electron chi connectivity index (χ1n) is 37.3. The van der Waals surface area contributed by atoms with Crippen molar-refractivity contribution in [3.63, 3.8) is 0 Å². The Morgan fingerprint density at radius 2 is 0.640 bits per heavy atom. The van der Waals surface area contributed by atoms with Crippen LogP contribution in [0.4, 0.5) is 0 Å². The summed E-state index contributed by atoms with van der Waals surface area (Å²) in [5, 5.41) is 0. The Morgan fingerprint density at radius 3 is 0.953 bits per heavy atom. The van der Waals surface area contributed by atoms with E-state index in [4.69, 9.17) is 24.3 Å². The third-order valence-electron chi connectivity index (χ3n) is 16.7. The summed E-state index contributed by atoms with van der Waals surface area (Å²) >= 11 is 0. The van der Waals surface area contributed by atoms with Crippen LogP contribution in [0.5, 0.6) is 0 Å². The number of carbonyl (C=O) groups is 2. The highest BCUT2D eigenvalue weighted by molar-refractivity contribution is 7.47. The van der Waals surface area contributed by atoms with Crippen molar-refractivity contribution in [1.82, 2.24) is 0 Å². The highest BCUT2D eigenvalue weighted by Crippen LogP contribution is 2.43. The summed E-state index contributed by atoms with van der Waals surface area (Å²) in [5.41, 5.74) is 5.41. The van der Waals surface area contributed by atoms with Gasteiger partial charge >= 0.3 is 19.8 Å². The van der Waals surface area contributed by atoms with Crippen LogP contribution in [-0.4, -0.2) is 49.3 Å². The molecule has 10 heteroatoms. The first kappa shape index (κ1) is 83.7. The molecule has 0 saturated carbocycles. The second-order valence-corrected chi connectivity index (χ2v) is 26.6. The maximum absolute atomic E-state index is 12.8. The molecule has 86 heavy (non-hydrogen) atoms. The van der Waals surface area contributed by atoms with Crippen LogP contribution in [0.2, 0.25) is 0 Å². The van der Waals surface area contributed by atoms with Gasteiger partial charge in [-0.15, -0.1) is 0 Å². The lowest BCUT2D eigenvalue weighted by molar-refractivity contribution is -0.161. The van der Waals surface area contributed by atoms with Crippen molar-refractivity contribution in [3.8, 4) is 0 Å². The SMILES string of the molecule is CC/C=C\C/C=C\C/C=C\C/C=C\C/C=C\CCCCCCCCCCCCCCCCCCCCCCCC(=O)OC(COC(=O)CCCCCCCCCCCCCCCCCCCCCCCCCCCCCC)COP(=O)(O)OCCN. The molecule has 0 aromatic rings. The maximum Gasteiger partial charge on any atom is 0.472 e. The van der Waals surface area contributed by atoms with Gasteiger partial charge in [-0.25, -0.2) is 4.57 Å². The number of ether oxygens (including phenoxy) is 2. The van der Waals surface area contributed by atoms with E-state index in [1.54, 1.807) is 0 Å². The van der Waals surface area contributed by atoms with Gasteiger partial charge in [-0.05, 0) is 57.8 Å². The van der Waals surface area contributed by atoms with E-state index >= 15 is 0 Å². The van der Waals surface area contributed by atoms with E-state index in [2.05, 4.69) is 74.6 Å². The molecule has 0 fully saturated rings. The van der Waals surface area contributed by atoms with E-state index in [-0.39, 0.29) is 38.6 Å². The molecule has 0 heterocycles. The van der Waals surface area contributed by atoms with Crippen LogP contribution in [-0.2, 0) is 32.7 Å². The normalized spacial score (nSPS) is 13.2. The largest absolute Gasteiger partial charge is 0.472 e. The van der Waals surface area contributed by atoms with Gasteiger partial charge in [0.25, 0.3) is 0 Å². The van der Waals surface area contributed by atoms with Crippen molar-refractivity contribution in [3.05, 3.63) is 60.8 Å². The number of phosphoric acid groups is 1. The lowest BCUT2D eigenvalue weighted by Gasteiger charge is -2.19. The summed E-state index contributed by atoms with van der Waals surface area (Å²) in [7, 11) is -4.39. The van der Waals surface area contributed by atoms with Crippen LogP contribution in [0, 0.1) is 0 Å². The van der Waals surface area contributed by atoms with Crippen molar-refractivity contribution >= 4 is 19.8 Å². The minimum absolute atomic E-state index is 0.0556. The second kappa shape index (κ2) is 71.8. The second-order valence-electron chi connectivity index (χ2n) is 25.1. The molecule has 0 bridgehead atoms. The third kappa shape index (κ3) is 70.8. The molecule has 504 valence electrons. The van der Waals surface area contributed by atoms with Crippen LogP contribution in [0.3, 0.4) is 0 Å². The van der Waals surface area contributed by atoms with Gasteiger partial charge < -0.3 is 20.1 Å². The molecule has 2 unspecified atom stereocenters. The Kier molecular flexibility index (Phi) is 69.9. The Labute approximate surface area is 533 Å². The van der Waals surface area contributed by atoms with E-state index < -0.39 is 26.5 Å². The van der Waals surface area contributed by atoms with Gasteiger partial charge in [0.05, 0.1) is 13.2 Å². The lowest BCUT2D eigenvalue weighted by atomic mass is 10.0. The fourth-order valence-electron chi connectivity index (χ4n) is 11.2. The molecule has 0 amide bonds. The van der Waals surface area contributed by atoms with Crippen molar-refractivity contribution in [2.45, 2.75) is 386 Å². The van der Waals surface area contributed by atoms with Gasteiger partial charge in [-0.3, -0.25) is 18.6 Å². The fraction of sp³-hybridized carbons (Fsp3) is 0.842. The van der Waals surface area contributed by atoms with Gasteiger partial charge in [0.2, 0.25) is 0 Å². The van der Waals surface area contributed by atoms with Crippen molar-refractivity contribution in [2.24, 2.45) is 5.73 Å². The zero-order valence-corrected chi connectivity index (χ0v) is 57.7. The van der Waals surface area contributed by atoms with Crippen LogP contribution >= 0.6 is 7.82 Å². The standard InChI is InChI=1S/C76H142NO8P/c1-3-5-7-9-11-13-15-17-19-21-23-25-27-29-31-33-34-35-36-37-38-39-40-41-43-45-47-49-51-53-55-57-59-61-63-65-67-69-76(79)85-74(73-84-86(80,81)83-71-70-77)72-82-75(78)68-66-64-62-60-58-56-54-52-50-48-46-44-42-32-30-28-26-24-22-20-18-16-14-12-10-8-6-4-2/h5,7,11,13,17,19,23,25,29,31,74H,3-4,6,8-10,12,14-16,18,20-22,24,26-28,30,32-73,77H2,1-2H3,(H,80,81)/b7-5-,13-11-,19-17-,25-23-,31-29-. The van der Waals surface area contributed by atoms with Crippen molar-refractivity contribution in [2.75, 3.05) is 26.4 Å². The van der Waals surface area contributed by atoms with Crippen molar-refractivity contribution < 1.29 is 37.6 Å². The molecular weight excluding hydrogens is 1090 g/mol. The number of allylic oxidation sites excluding steroid dienone is 10. The van der Waals surface area contributed by atoms with Crippen LogP contribution in [0.1, 0.15) is 380 Å². The molecule has 9 nitrogen and oxygen atoms in total. The van der Waals surface area contributed by atoms with Crippen LogP contribution in [0.15, 0.2) is 60.8 Å². The number of nitrogens with two attached hydrogens (primary N) is 1. The third-order valence-corrected chi connectivity index (χ3v) is 17.7. The van der Waals surface area contributed by atoms with Gasteiger partial charge in [0.15, 0.2) is 6.10 Å². The summed E-state index contributed by atoms with van der Waals surface area (Å²) in [4.78, 5) is 35.4. The molecule has 3 N–H and O–H groups in total. The molecule has 0 aliphatic carbocycles. The molecule has 0 spiro atoms. The minimum Gasteiger partial charge on any atom is -0.462 e.